The lowest BCUT2D eigenvalue weighted by molar-refractivity contribution is -0.160. The molecule has 3 aliphatic rings. The number of aromatic amines is 1. The average Bonchev–Trinajstić information content (AvgIpc) is 3.94. The number of benzene rings is 2. The van der Waals surface area contributed by atoms with Gasteiger partial charge in [-0.2, -0.15) is 4.39 Å². The first-order valence-electron chi connectivity index (χ1n) is 24.8. The first-order valence-corrected chi connectivity index (χ1v) is 24.8. The number of esters is 1. The number of aliphatic hydroxyl groups excluding tert-OH is 2. The molecule has 1 amide bonds. The fraction of sp³-hybridized carbons (Fsp3) is 0.519. The van der Waals surface area contributed by atoms with E-state index in [4.69, 9.17) is 28.4 Å². The van der Waals surface area contributed by atoms with Crippen molar-refractivity contribution in [3.63, 3.8) is 0 Å². The predicted octanol–water partition coefficient (Wildman–Crippen LogP) is 3.75. The largest absolute Gasteiger partial charge is 0.507 e. The molecule has 23 nitrogen and oxygen atoms in total. The number of nitrogens with zero attached hydrogens (tertiary/aromatic N) is 4. The number of rotatable bonds is 16. The molecule has 8 N–H and O–H groups in total. The molecule has 0 radical (unpaired) electrons. The van der Waals surface area contributed by atoms with Gasteiger partial charge in [-0.3, -0.25) is 34.0 Å². The number of aryl methyl sites for hydroxylation is 2. The Hall–Kier alpha value is -6.96. The van der Waals surface area contributed by atoms with Crippen LogP contribution < -0.4 is 26.6 Å². The maximum atomic E-state index is 14.6. The molecular formula is C52H68FN7O16. The zero-order chi connectivity index (χ0) is 55.8. The number of aliphatic hydroxyl groups is 2. The summed E-state index contributed by atoms with van der Waals surface area (Å²) in [5.74, 6) is -9.87. The van der Waals surface area contributed by atoms with Gasteiger partial charge < -0.3 is 59.3 Å². The monoisotopic (exact) mass is 1070 g/mol. The molecule has 4 aromatic rings. The van der Waals surface area contributed by atoms with Crippen molar-refractivity contribution in [2.24, 2.45) is 23.7 Å². The third-order valence-electron chi connectivity index (χ3n) is 13.8. The number of aromatic hydroxyl groups is 3. The normalized spacial score (nSPS) is 25.9. The lowest BCUT2D eigenvalue weighted by Crippen LogP contribution is -2.46. The molecule has 0 saturated carbocycles. The molecule has 9 atom stereocenters. The Kier molecular flexibility index (Phi) is 19.4. The minimum atomic E-state index is -2.10. The van der Waals surface area contributed by atoms with E-state index in [1.165, 1.54) is 53.2 Å². The molecule has 3 aliphatic heterocycles. The number of aromatic nitrogens is 5. The molecule has 0 saturated heterocycles. The van der Waals surface area contributed by atoms with Gasteiger partial charge in [-0.1, -0.05) is 51.1 Å². The number of H-pyrrole nitrogens is 1. The van der Waals surface area contributed by atoms with Crippen molar-refractivity contribution in [1.29, 1.82) is 0 Å². The van der Waals surface area contributed by atoms with Crippen LogP contribution in [0.25, 0.3) is 10.8 Å². The van der Waals surface area contributed by atoms with Gasteiger partial charge in [0.2, 0.25) is 5.82 Å². The number of fused-ring (bicyclic) bond motifs is 14. The van der Waals surface area contributed by atoms with Gasteiger partial charge in [0.15, 0.2) is 5.75 Å². The van der Waals surface area contributed by atoms with E-state index >= 15 is 0 Å². The Morgan fingerprint density at radius 1 is 0.921 bits per heavy atom. The Morgan fingerprint density at radius 2 is 1.64 bits per heavy atom. The van der Waals surface area contributed by atoms with Crippen molar-refractivity contribution in [3.05, 3.63) is 97.6 Å². The van der Waals surface area contributed by atoms with Gasteiger partial charge in [-0.15, -0.1) is 5.10 Å². The molecule has 0 aliphatic carbocycles. The van der Waals surface area contributed by atoms with Gasteiger partial charge in [0.1, 0.15) is 23.4 Å². The number of amides is 1. The van der Waals surface area contributed by atoms with Gasteiger partial charge in [-0.05, 0) is 32.8 Å². The summed E-state index contributed by atoms with van der Waals surface area (Å²) in [6.07, 6.45) is 6.73. The second-order valence-electron chi connectivity index (χ2n) is 19.3. The van der Waals surface area contributed by atoms with Crippen molar-refractivity contribution in [2.45, 2.75) is 118 Å². The first-order chi connectivity index (χ1) is 36.0. The number of carbonyl (C=O) groups is 3. The third kappa shape index (κ3) is 13.0. The Labute approximate surface area is 436 Å². The quantitative estimate of drug-likeness (QED) is 0.0260. The number of halogens is 1. The van der Waals surface area contributed by atoms with E-state index < -0.39 is 106 Å². The standard InChI is InChI=1S/C52H68FN7O16/c1-26-12-10-13-27(2)49(68)55-40-34(22-54-25-73-21-20-72-19-17-60-23-33(57-58-60)14-11-16-59-24-35(53)50(69)56-51(59)70)44(65)37-38(45(40)66)43(64)31(6)47-39(37)48(67)52(8,76-47)74-18-15-36(71-9)28(3)46(75-32(7)61)30(5)42(63)29(4)41(26)62/h10,12-13,15,18,23-24,26,28-30,36,41-42,46,54,62-66H,11,14,16-17,19-22,25H2,1-9H3,(H,55,68)(H,56,69,70)/b12-10+,18-15+,27-13-/t26-,28+,29+,30+,36-,41-,42+,46+,52-/m0/s1. The van der Waals surface area contributed by atoms with Gasteiger partial charge >= 0.3 is 17.4 Å². The molecule has 414 valence electrons. The molecule has 76 heavy (non-hydrogen) atoms. The van der Waals surface area contributed by atoms with E-state index in [2.05, 4.69) is 20.9 Å². The van der Waals surface area contributed by atoms with Crippen LogP contribution in [0, 0.1) is 36.4 Å². The maximum absolute atomic E-state index is 14.6. The highest BCUT2D eigenvalue weighted by atomic mass is 19.1. The van der Waals surface area contributed by atoms with Crippen molar-refractivity contribution in [3.8, 4) is 23.0 Å². The van der Waals surface area contributed by atoms with E-state index in [1.807, 2.05) is 4.98 Å². The Morgan fingerprint density at radius 3 is 2.36 bits per heavy atom. The highest BCUT2D eigenvalue weighted by Crippen LogP contribution is 2.55. The van der Waals surface area contributed by atoms with Crippen LogP contribution in [0.5, 0.6) is 23.0 Å². The Balaban J connectivity index is 1.21. The highest BCUT2D eigenvalue weighted by molar-refractivity contribution is 6.22. The molecule has 0 fully saturated rings. The van der Waals surface area contributed by atoms with Crippen molar-refractivity contribution in [1.82, 2.24) is 29.9 Å². The summed E-state index contributed by atoms with van der Waals surface area (Å²) in [7, 11) is 1.42. The number of anilines is 1. The van der Waals surface area contributed by atoms with Crippen molar-refractivity contribution in [2.75, 3.05) is 39.0 Å². The van der Waals surface area contributed by atoms with E-state index in [0.29, 0.717) is 25.1 Å². The fourth-order valence-electron chi connectivity index (χ4n) is 9.30. The SMILES string of the molecule is CO[C@H]1/C=C/O[C@@]2(C)Oc3c(C)c(O)c4c(O)c(c(CNCOCCOCCn5cc(CCCn6cc(F)c(=O)[nH]c6=O)nn5)c(O)c4c3C2=O)NC(=O)/C(C)=C\C=C\[C@H](C)[C@H](O)[C@@H](C)[C@@H](O)[C@@H](C)[C@H](OC(C)=O)[C@@H]1C. The zero-order valence-corrected chi connectivity index (χ0v) is 43.9. The fourth-order valence-corrected chi connectivity index (χ4v) is 9.30. The predicted molar refractivity (Wildman–Crippen MR) is 272 cm³/mol. The average molecular weight is 1070 g/mol. The van der Waals surface area contributed by atoms with Crippen molar-refractivity contribution < 1.29 is 72.7 Å². The number of methoxy groups -OCH3 is 1. The van der Waals surface area contributed by atoms with Gasteiger partial charge in [0.05, 0.1) is 86.2 Å². The summed E-state index contributed by atoms with van der Waals surface area (Å²) in [4.78, 5) is 65.9. The van der Waals surface area contributed by atoms with Crippen LogP contribution in [0.1, 0.15) is 82.1 Å². The number of hydrogen-bond donors (Lipinski definition) is 8. The number of phenolic OH excluding ortho intramolecular Hbond substituents is 3. The van der Waals surface area contributed by atoms with Crippen LogP contribution in [-0.4, -0.2) is 132 Å². The molecule has 2 aromatic carbocycles. The van der Waals surface area contributed by atoms with E-state index in [9.17, 15) is 53.9 Å². The number of ketones is 1. The summed E-state index contributed by atoms with van der Waals surface area (Å²) in [5.41, 5.74) is -1.61. The summed E-state index contributed by atoms with van der Waals surface area (Å²) in [6, 6.07) is 0. The van der Waals surface area contributed by atoms with Crippen LogP contribution in [0.15, 0.2) is 58.1 Å². The number of Topliss-reactive ketones (excluding diaryl/α,β-unsaturated/α-hetero) is 1. The molecule has 5 heterocycles. The molecule has 5 bridgehead atoms. The van der Waals surface area contributed by atoms with E-state index in [1.54, 1.807) is 50.7 Å². The summed E-state index contributed by atoms with van der Waals surface area (Å²) < 4.78 is 51.3. The Bertz CT molecular complexity index is 2990. The minimum Gasteiger partial charge on any atom is -0.507 e. The smallest absolute Gasteiger partial charge is 0.328 e. The second kappa shape index (κ2) is 25.3. The minimum absolute atomic E-state index is 0.0133. The van der Waals surface area contributed by atoms with Crippen LogP contribution in [0.3, 0.4) is 0 Å². The number of nitrogens with one attached hydrogen (secondary N) is 3. The zero-order valence-electron chi connectivity index (χ0n) is 43.9. The third-order valence-corrected chi connectivity index (χ3v) is 13.8. The van der Waals surface area contributed by atoms with Crippen LogP contribution in [0.4, 0.5) is 10.1 Å². The maximum Gasteiger partial charge on any atom is 0.328 e. The highest BCUT2D eigenvalue weighted by Gasteiger charge is 2.50. The lowest BCUT2D eigenvalue weighted by atomic mass is 9.78. The lowest BCUT2D eigenvalue weighted by Gasteiger charge is -2.38. The van der Waals surface area contributed by atoms with Crippen molar-refractivity contribution >= 4 is 34.1 Å². The number of ether oxygens (including phenoxy) is 6. The van der Waals surface area contributed by atoms with Crippen LogP contribution >= 0.6 is 0 Å². The molecule has 0 spiro atoms. The number of phenols is 3. The number of carbonyl (C=O) groups excluding carboxylic acids is 3. The summed E-state index contributed by atoms with van der Waals surface area (Å²) in [5, 5.41) is 72.1. The van der Waals surface area contributed by atoms with E-state index in [-0.39, 0.29) is 84.1 Å². The van der Waals surface area contributed by atoms with Crippen LogP contribution in [0.2, 0.25) is 0 Å². The topological polar surface area (TPSA) is 317 Å². The number of hydrogen-bond acceptors (Lipinski definition) is 19. The first kappa shape index (κ1) is 58.3. The molecule has 0 unspecified atom stereocenters. The van der Waals surface area contributed by atoms with Gasteiger partial charge in [0.25, 0.3) is 17.2 Å². The molecule has 7 rings (SSSR count). The second-order valence-corrected chi connectivity index (χ2v) is 19.3. The summed E-state index contributed by atoms with van der Waals surface area (Å²) >= 11 is 0. The number of allylic oxidation sites excluding steroid dienone is 2. The van der Waals surface area contributed by atoms with Gasteiger partial charge in [0, 0.05) is 86.0 Å². The van der Waals surface area contributed by atoms with Crippen LogP contribution in [-0.2, 0) is 59.3 Å². The van der Waals surface area contributed by atoms with E-state index in [0.717, 1.165) is 10.8 Å². The summed E-state index contributed by atoms with van der Waals surface area (Å²) in [6.45, 7) is 13.0. The molecule has 24 heteroatoms. The molecular weight excluding hydrogens is 998 g/mol. The van der Waals surface area contributed by atoms with Gasteiger partial charge in [-0.25, -0.2) is 9.48 Å². The molecule has 2 aromatic heterocycles.